The number of hydrogen-bond acceptors (Lipinski definition) is 3. The summed E-state index contributed by atoms with van der Waals surface area (Å²) >= 11 is 6.50. The fourth-order valence-electron chi connectivity index (χ4n) is 6.42. The SMILES string of the molecule is C=C(C)COc1ccc(Cl)cc1-c1c(CCO[Si](c2ccccc2)(c2ccccc2)C(C)(C)C)c(=O)n(C)c2ccc(C(F)(F)F)cc12. The lowest BCUT2D eigenvalue weighted by molar-refractivity contribution is -0.137. The highest BCUT2D eigenvalue weighted by molar-refractivity contribution is 6.99. The van der Waals surface area contributed by atoms with Gasteiger partial charge in [-0.05, 0) is 64.3 Å². The number of aromatic nitrogens is 1. The molecule has 0 aliphatic carbocycles. The van der Waals surface area contributed by atoms with E-state index in [4.69, 9.17) is 20.8 Å². The van der Waals surface area contributed by atoms with Crippen molar-refractivity contribution in [2.24, 2.45) is 7.05 Å². The highest BCUT2D eigenvalue weighted by Crippen LogP contribution is 2.41. The average molecular weight is 690 g/mol. The molecule has 0 aliphatic heterocycles. The third-order valence-corrected chi connectivity index (χ3v) is 13.9. The number of fused-ring (bicyclic) bond motifs is 1. The molecule has 250 valence electrons. The number of benzene rings is 4. The zero-order valence-corrected chi connectivity index (χ0v) is 29.5. The molecule has 0 fully saturated rings. The number of rotatable bonds is 10. The van der Waals surface area contributed by atoms with Gasteiger partial charge < -0.3 is 13.7 Å². The van der Waals surface area contributed by atoms with Crippen molar-refractivity contribution in [1.29, 1.82) is 0 Å². The van der Waals surface area contributed by atoms with Crippen molar-refractivity contribution in [2.75, 3.05) is 13.2 Å². The first kappa shape index (κ1) is 35.2. The van der Waals surface area contributed by atoms with Crippen LogP contribution in [0.5, 0.6) is 5.75 Å². The largest absolute Gasteiger partial charge is 0.489 e. The first-order valence-electron chi connectivity index (χ1n) is 15.7. The molecule has 1 aromatic heterocycles. The van der Waals surface area contributed by atoms with Crippen LogP contribution in [0.15, 0.2) is 114 Å². The number of ether oxygens (including phenoxy) is 1. The topological polar surface area (TPSA) is 40.5 Å². The van der Waals surface area contributed by atoms with Crippen LogP contribution in [-0.4, -0.2) is 26.1 Å². The van der Waals surface area contributed by atoms with Crippen LogP contribution in [0.25, 0.3) is 22.0 Å². The van der Waals surface area contributed by atoms with E-state index in [-0.39, 0.29) is 35.6 Å². The van der Waals surface area contributed by atoms with Crippen molar-refractivity contribution >= 4 is 41.2 Å². The summed E-state index contributed by atoms with van der Waals surface area (Å²) in [6.07, 6.45) is -4.47. The average Bonchev–Trinajstić information content (AvgIpc) is 3.04. The van der Waals surface area contributed by atoms with Gasteiger partial charge in [0.25, 0.3) is 13.9 Å². The van der Waals surface area contributed by atoms with Gasteiger partial charge in [0.2, 0.25) is 0 Å². The Morgan fingerprint density at radius 3 is 2.04 bits per heavy atom. The van der Waals surface area contributed by atoms with Gasteiger partial charge in [0.1, 0.15) is 12.4 Å². The first-order valence-corrected chi connectivity index (χ1v) is 18.0. The summed E-state index contributed by atoms with van der Waals surface area (Å²) in [4.78, 5) is 14.2. The van der Waals surface area contributed by atoms with Crippen molar-refractivity contribution in [3.05, 3.63) is 136 Å². The van der Waals surface area contributed by atoms with Gasteiger partial charge in [0.15, 0.2) is 0 Å². The van der Waals surface area contributed by atoms with Gasteiger partial charge in [0.05, 0.1) is 11.1 Å². The molecule has 0 saturated heterocycles. The Bertz CT molecular complexity index is 1960. The van der Waals surface area contributed by atoms with Gasteiger partial charge in [0, 0.05) is 47.2 Å². The molecule has 0 amide bonds. The van der Waals surface area contributed by atoms with Gasteiger partial charge in [-0.3, -0.25) is 4.79 Å². The third-order valence-electron chi connectivity index (χ3n) is 8.59. The maximum Gasteiger partial charge on any atom is 0.416 e. The molecule has 0 spiro atoms. The standard InChI is InChI=1S/C39H39ClF3NO3Si/c1-26(2)25-46-35-20-18-28(40)24-33(35)36-31(37(45)44(6)34-19-17-27(23-32(34)36)39(41,42)43)21-22-47-48(38(3,4)5,29-13-9-7-10-14-29)30-15-11-8-12-16-30/h7-20,23-24H,1,21-22,25H2,2-6H3. The number of pyridine rings is 1. The predicted molar refractivity (Wildman–Crippen MR) is 192 cm³/mol. The van der Waals surface area contributed by atoms with Crippen LogP contribution in [-0.2, 0) is 24.1 Å². The van der Waals surface area contributed by atoms with Crippen LogP contribution in [0.4, 0.5) is 13.2 Å². The number of alkyl halides is 3. The van der Waals surface area contributed by atoms with Gasteiger partial charge in [-0.1, -0.05) is 99.6 Å². The fourth-order valence-corrected chi connectivity index (χ4v) is 11.2. The molecule has 0 N–H and O–H groups in total. The van der Waals surface area contributed by atoms with Gasteiger partial charge >= 0.3 is 6.18 Å². The molecule has 9 heteroatoms. The Morgan fingerprint density at radius 1 is 0.896 bits per heavy atom. The van der Waals surface area contributed by atoms with Crippen LogP contribution in [0, 0.1) is 0 Å². The highest BCUT2D eigenvalue weighted by Gasteiger charge is 2.50. The molecule has 5 rings (SSSR count). The normalized spacial score (nSPS) is 12.4. The summed E-state index contributed by atoms with van der Waals surface area (Å²) in [6, 6.07) is 28.6. The van der Waals surface area contributed by atoms with E-state index in [1.54, 1.807) is 25.2 Å². The molecule has 4 aromatic carbocycles. The quantitative estimate of drug-likeness (QED) is 0.109. The van der Waals surface area contributed by atoms with Gasteiger partial charge in [-0.25, -0.2) is 0 Å². The zero-order valence-electron chi connectivity index (χ0n) is 27.7. The summed E-state index contributed by atoms with van der Waals surface area (Å²) < 4.78 is 56.9. The monoisotopic (exact) mass is 689 g/mol. The second-order valence-electron chi connectivity index (χ2n) is 13.1. The van der Waals surface area contributed by atoms with Crippen LogP contribution in [0.3, 0.4) is 0 Å². The number of aryl methyl sites for hydroxylation is 1. The van der Waals surface area contributed by atoms with Crippen molar-refractivity contribution in [3.63, 3.8) is 0 Å². The Kier molecular flexibility index (Phi) is 10.1. The minimum Gasteiger partial charge on any atom is -0.489 e. The predicted octanol–water partition coefficient (Wildman–Crippen LogP) is 8.95. The third kappa shape index (κ3) is 6.88. The molecule has 1 heterocycles. The van der Waals surface area contributed by atoms with E-state index in [0.717, 1.165) is 28.1 Å². The Hall–Kier alpha value is -4.11. The number of hydrogen-bond donors (Lipinski definition) is 0. The number of nitrogens with zero attached hydrogens (tertiary/aromatic N) is 1. The van der Waals surface area contributed by atoms with Gasteiger partial charge in [-0.2, -0.15) is 13.2 Å². The van der Waals surface area contributed by atoms with Crippen molar-refractivity contribution < 1.29 is 22.3 Å². The molecular weight excluding hydrogens is 651 g/mol. The molecule has 48 heavy (non-hydrogen) atoms. The van der Waals surface area contributed by atoms with E-state index in [2.05, 4.69) is 51.6 Å². The van der Waals surface area contributed by atoms with E-state index in [9.17, 15) is 18.0 Å². The maximum absolute atomic E-state index is 14.2. The van der Waals surface area contributed by atoms with Crippen molar-refractivity contribution in [2.45, 2.75) is 45.3 Å². The zero-order chi connectivity index (χ0) is 34.9. The first-order chi connectivity index (χ1) is 22.6. The molecule has 4 nitrogen and oxygen atoms in total. The van der Waals surface area contributed by atoms with Crippen molar-refractivity contribution in [3.8, 4) is 16.9 Å². The van der Waals surface area contributed by atoms with E-state index >= 15 is 0 Å². The van der Waals surface area contributed by atoms with Crippen LogP contribution in [0.2, 0.25) is 10.1 Å². The number of halogens is 4. The lowest BCUT2D eigenvalue weighted by Crippen LogP contribution is -2.66. The molecule has 0 aliphatic rings. The van der Waals surface area contributed by atoms with E-state index < -0.39 is 20.1 Å². The Morgan fingerprint density at radius 2 is 1.50 bits per heavy atom. The summed E-state index contributed by atoms with van der Waals surface area (Å²) in [7, 11) is -1.40. The second-order valence-corrected chi connectivity index (χ2v) is 17.8. The molecule has 0 bridgehead atoms. The molecule has 0 unspecified atom stereocenters. The van der Waals surface area contributed by atoms with Crippen LogP contribution < -0.4 is 20.7 Å². The molecule has 0 radical (unpaired) electrons. The molecular formula is C39H39ClF3NO3Si. The maximum atomic E-state index is 14.2. The lowest BCUT2D eigenvalue weighted by Gasteiger charge is -2.43. The Balaban J connectivity index is 1.74. The Labute approximate surface area is 285 Å². The minimum atomic E-state index is -4.60. The summed E-state index contributed by atoms with van der Waals surface area (Å²) in [5, 5.41) is 2.45. The van der Waals surface area contributed by atoms with E-state index in [0.29, 0.717) is 33.0 Å². The summed E-state index contributed by atoms with van der Waals surface area (Å²) in [5.74, 6) is 0.378. The van der Waals surface area contributed by atoms with Crippen molar-refractivity contribution in [1.82, 2.24) is 4.57 Å². The van der Waals surface area contributed by atoms with E-state index in [1.165, 1.54) is 10.6 Å². The van der Waals surface area contributed by atoms with Crippen LogP contribution in [0.1, 0.15) is 38.8 Å². The smallest absolute Gasteiger partial charge is 0.416 e. The second kappa shape index (κ2) is 13.8. The summed E-state index contributed by atoms with van der Waals surface area (Å²) in [6.45, 7) is 12.5. The van der Waals surface area contributed by atoms with Crippen LogP contribution >= 0.6 is 11.6 Å². The molecule has 0 saturated carbocycles. The molecule has 0 atom stereocenters. The minimum absolute atomic E-state index is 0.130. The van der Waals surface area contributed by atoms with E-state index in [1.807, 2.05) is 43.3 Å². The lowest BCUT2D eigenvalue weighted by atomic mass is 9.92. The fraction of sp³-hybridized carbons (Fsp3) is 0.256. The summed E-state index contributed by atoms with van der Waals surface area (Å²) in [5.41, 5.74) is 1.01. The van der Waals surface area contributed by atoms with Gasteiger partial charge in [-0.15, -0.1) is 0 Å². The molecule has 5 aromatic rings. The highest BCUT2D eigenvalue weighted by atomic mass is 35.5.